The third kappa shape index (κ3) is 3.07. The summed E-state index contributed by atoms with van der Waals surface area (Å²) in [7, 11) is 0. The summed E-state index contributed by atoms with van der Waals surface area (Å²) in [6.45, 7) is 5.93. The minimum absolute atomic E-state index is 0.176. The van der Waals surface area contributed by atoms with E-state index in [2.05, 4.69) is 42.7 Å². The first-order valence-corrected chi connectivity index (χ1v) is 6.22. The molecule has 0 spiro atoms. The van der Waals surface area contributed by atoms with Gasteiger partial charge in [0.1, 0.15) is 0 Å². The van der Waals surface area contributed by atoms with Crippen LogP contribution in [0.3, 0.4) is 0 Å². The molecule has 2 rings (SSSR count). The van der Waals surface area contributed by atoms with Crippen LogP contribution < -0.4 is 10.6 Å². The SMILES string of the molecule is Cc1cccc(C)c1CNC1CCC(=O)NC1. The summed E-state index contributed by atoms with van der Waals surface area (Å²) in [5.41, 5.74) is 4.04. The Kier molecular flexibility index (Phi) is 3.79. The maximum atomic E-state index is 11.1. The van der Waals surface area contributed by atoms with Crippen LogP contribution in [0.15, 0.2) is 18.2 Å². The minimum Gasteiger partial charge on any atom is -0.355 e. The fraction of sp³-hybridized carbons (Fsp3) is 0.500. The molecule has 92 valence electrons. The molecule has 1 aliphatic heterocycles. The second-order valence-corrected chi connectivity index (χ2v) is 4.79. The molecule has 17 heavy (non-hydrogen) atoms. The predicted molar refractivity (Wildman–Crippen MR) is 68.8 cm³/mol. The molecule has 1 aromatic carbocycles. The summed E-state index contributed by atoms with van der Waals surface area (Å²) in [4.78, 5) is 11.1. The van der Waals surface area contributed by atoms with Crippen molar-refractivity contribution in [2.75, 3.05) is 6.54 Å². The number of hydrogen-bond donors (Lipinski definition) is 2. The molecule has 1 aromatic rings. The van der Waals surface area contributed by atoms with Crippen LogP contribution in [0, 0.1) is 13.8 Å². The number of carbonyl (C=O) groups excluding carboxylic acids is 1. The Hall–Kier alpha value is -1.35. The van der Waals surface area contributed by atoms with E-state index < -0.39 is 0 Å². The van der Waals surface area contributed by atoms with Crippen LogP contribution in [0.25, 0.3) is 0 Å². The molecular formula is C14H20N2O. The number of benzene rings is 1. The Labute approximate surface area is 103 Å². The summed E-state index contributed by atoms with van der Waals surface area (Å²) in [5.74, 6) is 0.176. The zero-order valence-electron chi connectivity index (χ0n) is 10.5. The van der Waals surface area contributed by atoms with Crippen molar-refractivity contribution in [2.45, 2.75) is 39.3 Å². The maximum absolute atomic E-state index is 11.1. The highest BCUT2D eigenvalue weighted by Crippen LogP contribution is 2.13. The van der Waals surface area contributed by atoms with E-state index in [1.807, 2.05) is 0 Å². The van der Waals surface area contributed by atoms with E-state index in [9.17, 15) is 4.79 Å². The van der Waals surface area contributed by atoms with Crippen molar-refractivity contribution in [2.24, 2.45) is 0 Å². The molecule has 0 bridgehead atoms. The maximum Gasteiger partial charge on any atom is 0.220 e. The molecule has 0 radical (unpaired) electrons. The lowest BCUT2D eigenvalue weighted by molar-refractivity contribution is -0.122. The van der Waals surface area contributed by atoms with Gasteiger partial charge in [-0.1, -0.05) is 18.2 Å². The van der Waals surface area contributed by atoms with Gasteiger partial charge in [-0.15, -0.1) is 0 Å². The van der Waals surface area contributed by atoms with E-state index in [4.69, 9.17) is 0 Å². The highest BCUT2D eigenvalue weighted by atomic mass is 16.1. The van der Waals surface area contributed by atoms with Gasteiger partial charge < -0.3 is 10.6 Å². The Morgan fingerprint density at radius 3 is 2.65 bits per heavy atom. The lowest BCUT2D eigenvalue weighted by Gasteiger charge is -2.24. The summed E-state index contributed by atoms with van der Waals surface area (Å²) in [6.07, 6.45) is 1.58. The number of nitrogens with one attached hydrogen (secondary N) is 2. The molecule has 1 amide bonds. The van der Waals surface area contributed by atoms with Crippen LogP contribution in [0.5, 0.6) is 0 Å². The number of rotatable bonds is 3. The molecule has 1 fully saturated rings. The second kappa shape index (κ2) is 5.32. The number of piperidine rings is 1. The van der Waals surface area contributed by atoms with Gasteiger partial charge in [0.05, 0.1) is 0 Å². The van der Waals surface area contributed by atoms with E-state index in [-0.39, 0.29) is 5.91 Å². The van der Waals surface area contributed by atoms with Crippen LogP contribution in [0.4, 0.5) is 0 Å². The summed E-state index contributed by atoms with van der Waals surface area (Å²) >= 11 is 0. The highest BCUT2D eigenvalue weighted by molar-refractivity contribution is 5.76. The van der Waals surface area contributed by atoms with Gasteiger partial charge in [0.15, 0.2) is 0 Å². The largest absolute Gasteiger partial charge is 0.355 e. The van der Waals surface area contributed by atoms with Gasteiger partial charge in [0.2, 0.25) is 5.91 Å². The monoisotopic (exact) mass is 232 g/mol. The van der Waals surface area contributed by atoms with Gasteiger partial charge in [-0.3, -0.25) is 4.79 Å². The van der Waals surface area contributed by atoms with Crippen LogP contribution in [-0.2, 0) is 11.3 Å². The Morgan fingerprint density at radius 1 is 1.35 bits per heavy atom. The third-order valence-corrected chi connectivity index (χ3v) is 3.48. The average molecular weight is 232 g/mol. The fourth-order valence-electron chi connectivity index (χ4n) is 2.28. The second-order valence-electron chi connectivity index (χ2n) is 4.79. The van der Waals surface area contributed by atoms with Crippen LogP contribution >= 0.6 is 0 Å². The van der Waals surface area contributed by atoms with Gasteiger partial charge >= 0.3 is 0 Å². The van der Waals surface area contributed by atoms with Crippen molar-refractivity contribution >= 4 is 5.91 Å². The van der Waals surface area contributed by atoms with Crippen molar-refractivity contribution in [3.63, 3.8) is 0 Å². The third-order valence-electron chi connectivity index (χ3n) is 3.48. The van der Waals surface area contributed by atoms with Crippen molar-refractivity contribution in [3.05, 3.63) is 34.9 Å². The molecule has 1 aliphatic rings. The van der Waals surface area contributed by atoms with E-state index in [0.717, 1.165) is 19.5 Å². The standard InChI is InChI=1S/C14H20N2O/c1-10-4-3-5-11(2)13(10)9-15-12-6-7-14(17)16-8-12/h3-5,12,15H,6-9H2,1-2H3,(H,16,17). The van der Waals surface area contributed by atoms with Crippen molar-refractivity contribution < 1.29 is 4.79 Å². The average Bonchev–Trinajstić information content (AvgIpc) is 2.31. The van der Waals surface area contributed by atoms with Gasteiger partial charge in [-0.05, 0) is 37.0 Å². The molecule has 2 N–H and O–H groups in total. The van der Waals surface area contributed by atoms with Crippen molar-refractivity contribution in [3.8, 4) is 0 Å². The predicted octanol–water partition coefficient (Wildman–Crippen LogP) is 1.67. The lowest BCUT2D eigenvalue weighted by atomic mass is 10.0. The molecule has 1 unspecified atom stereocenters. The first-order valence-electron chi connectivity index (χ1n) is 6.22. The van der Waals surface area contributed by atoms with E-state index in [0.29, 0.717) is 12.5 Å². The normalized spacial score (nSPS) is 20.1. The first-order chi connectivity index (χ1) is 8.16. The topological polar surface area (TPSA) is 41.1 Å². The Morgan fingerprint density at radius 2 is 2.06 bits per heavy atom. The van der Waals surface area contributed by atoms with Crippen molar-refractivity contribution in [1.29, 1.82) is 0 Å². The Bertz CT molecular complexity index is 384. The molecule has 0 saturated carbocycles. The summed E-state index contributed by atoms with van der Waals surface area (Å²) in [6, 6.07) is 6.79. The summed E-state index contributed by atoms with van der Waals surface area (Å²) in [5, 5.41) is 6.42. The molecule has 0 aliphatic carbocycles. The van der Waals surface area contributed by atoms with Gasteiger partial charge in [-0.25, -0.2) is 0 Å². The van der Waals surface area contributed by atoms with Gasteiger partial charge in [0, 0.05) is 25.6 Å². The fourth-order valence-corrected chi connectivity index (χ4v) is 2.28. The smallest absolute Gasteiger partial charge is 0.220 e. The first kappa shape index (κ1) is 12.1. The lowest BCUT2D eigenvalue weighted by Crippen LogP contribution is -2.45. The van der Waals surface area contributed by atoms with Gasteiger partial charge in [0.25, 0.3) is 0 Å². The minimum atomic E-state index is 0.176. The molecule has 3 heteroatoms. The molecule has 3 nitrogen and oxygen atoms in total. The highest BCUT2D eigenvalue weighted by Gasteiger charge is 2.17. The molecule has 1 heterocycles. The Balaban J connectivity index is 1.91. The zero-order valence-corrected chi connectivity index (χ0v) is 10.5. The molecule has 1 saturated heterocycles. The van der Waals surface area contributed by atoms with E-state index >= 15 is 0 Å². The van der Waals surface area contributed by atoms with Crippen LogP contribution in [-0.4, -0.2) is 18.5 Å². The number of carbonyl (C=O) groups is 1. The zero-order chi connectivity index (χ0) is 12.3. The van der Waals surface area contributed by atoms with Gasteiger partial charge in [-0.2, -0.15) is 0 Å². The molecular weight excluding hydrogens is 212 g/mol. The van der Waals surface area contributed by atoms with Crippen LogP contribution in [0.2, 0.25) is 0 Å². The van der Waals surface area contributed by atoms with Crippen LogP contribution in [0.1, 0.15) is 29.5 Å². The number of amides is 1. The number of hydrogen-bond acceptors (Lipinski definition) is 2. The van der Waals surface area contributed by atoms with E-state index in [1.165, 1.54) is 16.7 Å². The number of aryl methyl sites for hydroxylation is 2. The summed E-state index contributed by atoms with van der Waals surface area (Å²) < 4.78 is 0. The van der Waals surface area contributed by atoms with Crippen molar-refractivity contribution in [1.82, 2.24) is 10.6 Å². The molecule has 0 aromatic heterocycles. The van der Waals surface area contributed by atoms with E-state index in [1.54, 1.807) is 0 Å². The molecule has 1 atom stereocenters. The quantitative estimate of drug-likeness (QED) is 0.832.